The molecule has 3 atom stereocenters. The highest BCUT2D eigenvalue weighted by atomic mass is 16.6. The van der Waals surface area contributed by atoms with Crippen molar-refractivity contribution in [2.24, 2.45) is 0 Å². The van der Waals surface area contributed by atoms with E-state index in [-0.39, 0.29) is 36.3 Å². The van der Waals surface area contributed by atoms with Crippen molar-refractivity contribution in [1.29, 1.82) is 0 Å². The molecule has 12 nitrogen and oxygen atoms in total. The molecule has 1 aliphatic carbocycles. The van der Waals surface area contributed by atoms with E-state index in [1.54, 1.807) is 53.1 Å². The Hall–Kier alpha value is -4.19. The number of hydrogen-bond acceptors (Lipinski definition) is 9. The number of rotatable bonds is 6. The summed E-state index contributed by atoms with van der Waals surface area (Å²) in [6.07, 6.45) is 3.18. The van der Waals surface area contributed by atoms with E-state index in [9.17, 15) is 14.4 Å². The molecule has 0 aromatic carbocycles. The van der Waals surface area contributed by atoms with Gasteiger partial charge in [-0.2, -0.15) is 0 Å². The number of methoxy groups -OCH3 is 1. The van der Waals surface area contributed by atoms with E-state index in [1.165, 1.54) is 0 Å². The lowest BCUT2D eigenvalue weighted by atomic mass is 9.88. The van der Waals surface area contributed by atoms with Gasteiger partial charge in [0, 0.05) is 49.3 Å². The topological polar surface area (TPSA) is 137 Å². The third kappa shape index (κ3) is 4.33. The molecule has 5 heterocycles. The quantitative estimate of drug-likeness (QED) is 0.511. The van der Waals surface area contributed by atoms with E-state index in [0.29, 0.717) is 42.8 Å². The molecule has 3 aromatic rings. The number of carbonyl (C=O) groups excluding carboxylic acids is 2. The SMILES string of the molecule is COc1cc2c(ccc(=O)n2CCN[C@H]2CC[C@H]3[C@H](C2)OC(=O)N3c2ccc3c(n2)NC(=O)CO3)cn1. The number of carbonyl (C=O) groups is 2. The number of aromatic nitrogens is 3. The van der Waals surface area contributed by atoms with Crippen molar-refractivity contribution in [3.8, 4) is 11.6 Å². The van der Waals surface area contributed by atoms with E-state index in [4.69, 9.17) is 14.2 Å². The first-order valence-corrected chi connectivity index (χ1v) is 12.2. The van der Waals surface area contributed by atoms with Crippen LogP contribution in [0.5, 0.6) is 11.6 Å². The summed E-state index contributed by atoms with van der Waals surface area (Å²) in [5.74, 6) is 1.37. The Bertz CT molecular complexity index is 1440. The van der Waals surface area contributed by atoms with Crippen LogP contribution in [0.3, 0.4) is 0 Å². The Morgan fingerprint density at radius 2 is 2.08 bits per heavy atom. The van der Waals surface area contributed by atoms with Crippen LogP contribution in [0.25, 0.3) is 10.9 Å². The summed E-state index contributed by atoms with van der Waals surface area (Å²) in [5, 5.41) is 7.06. The lowest BCUT2D eigenvalue weighted by molar-refractivity contribution is -0.118. The van der Waals surface area contributed by atoms with Gasteiger partial charge in [-0.1, -0.05) is 0 Å². The van der Waals surface area contributed by atoms with Crippen molar-refractivity contribution in [2.75, 3.05) is 30.5 Å². The monoisotopic (exact) mass is 506 g/mol. The minimum absolute atomic E-state index is 0.0561. The molecule has 1 saturated carbocycles. The summed E-state index contributed by atoms with van der Waals surface area (Å²) in [6, 6.07) is 8.47. The van der Waals surface area contributed by atoms with Crippen LogP contribution in [0.2, 0.25) is 0 Å². The van der Waals surface area contributed by atoms with Gasteiger partial charge in [0.25, 0.3) is 11.5 Å². The molecule has 37 heavy (non-hydrogen) atoms. The molecule has 192 valence electrons. The molecule has 0 unspecified atom stereocenters. The maximum Gasteiger partial charge on any atom is 0.416 e. The largest absolute Gasteiger partial charge is 0.481 e. The van der Waals surface area contributed by atoms with Gasteiger partial charge >= 0.3 is 6.09 Å². The number of ether oxygens (including phenoxy) is 3. The zero-order valence-electron chi connectivity index (χ0n) is 20.2. The van der Waals surface area contributed by atoms with Crippen LogP contribution in [-0.2, 0) is 16.1 Å². The Morgan fingerprint density at radius 1 is 1.19 bits per heavy atom. The lowest BCUT2D eigenvalue weighted by Crippen LogP contribution is -2.46. The summed E-state index contributed by atoms with van der Waals surface area (Å²) in [7, 11) is 1.54. The smallest absolute Gasteiger partial charge is 0.416 e. The van der Waals surface area contributed by atoms with Gasteiger partial charge in [-0.15, -0.1) is 0 Å². The number of fused-ring (bicyclic) bond motifs is 3. The number of anilines is 2. The predicted molar refractivity (Wildman–Crippen MR) is 133 cm³/mol. The van der Waals surface area contributed by atoms with Crippen molar-refractivity contribution in [2.45, 2.75) is 44.0 Å². The first kappa shape index (κ1) is 23.2. The first-order valence-electron chi connectivity index (χ1n) is 12.2. The van der Waals surface area contributed by atoms with Crippen LogP contribution in [0, 0.1) is 0 Å². The second kappa shape index (κ2) is 9.36. The molecule has 12 heteroatoms. The molecule has 1 saturated heterocycles. The van der Waals surface area contributed by atoms with Crippen LogP contribution in [0.15, 0.2) is 41.3 Å². The summed E-state index contributed by atoms with van der Waals surface area (Å²) in [4.78, 5) is 47.2. The van der Waals surface area contributed by atoms with Gasteiger partial charge < -0.3 is 29.4 Å². The van der Waals surface area contributed by atoms with E-state index in [2.05, 4.69) is 20.6 Å². The van der Waals surface area contributed by atoms with Crippen LogP contribution in [0.1, 0.15) is 19.3 Å². The highest BCUT2D eigenvalue weighted by Gasteiger charge is 2.46. The Labute approximate surface area is 211 Å². The minimum Gasteiger partial charge on any atom is -0.481 e. The molecule has 3 aliphatic rings. The molecule has 0 spiro atoms. The summed E-state index contributed by atoms with van der Waals surface area (Å²) in [5.41, 5.74) is 0.676. The number of hydrogen-bond donors (Lipinski definition) is 2. The highest BCUT2D eigenvalue weighted by Crippen LogP contribution is 2.37. The van der Waals surface area contributed by atoms with Gasteiger partial charge in [-0.05, 0) is 31.0 Å². The number of amides is 2. The third-order valence-electron chi connectivity index (χ3n) is 7.07. The average Bonchev–Trinajstić information content (AvgIpc) is 3.24. The molecule has 2 fully saturated rings. The van der Waals surface area contributed by atoms with Crippen LogP contribution >= 0.6 is 0 Å². The van der Waals surface area contributed by atoms with E-state index >= 15 is 0 Å². The van der Waals surface area contributed by atoms with Crippen LogP contribution in [-0.4, -0.2) is 65.0 Å². The molecule has 2 aliphatic heterocycles. The van der Waals surface area contributed by atoms with Crippen molar-refractivity contribution < 1.29 is 23.8 Å². The van der Waals surface area contributed by atoms with Crippen LogP contribution < -0.4 is 30.6 Å². The van der Waals surface area contributed by atoms with Crippen LogP contribution in [0.4, 0.5) is 16.4 Å². The van der Waals surface area contributed by atoms with Gasteiger partial charge in [0.05, 0.1) is 18.7 Å². The van der Waals surface area contributed by atoms with Gasteiger partial charge in [-0.25, -0.2) is 14.8 Å². The predicted octanol–water partition coefficient (Wildman–Crippen LogP) is 1.67. The summed E-state index contributed by atoms with van der Waals surface area (Å²) in [6.45, 7) is 1.00. The molecule has 0 bridgehead atoms. The third-order valence-corrected chi connectivity index (χ3v) is 7.07. The van der Waals surface area contributed by atoms with Gasteiger partial charge in [0.1, 0.15) is 11.9 Å². The molecule has 2 amide bonds. The van der Waals surface area contributed by atoms with Crippen molar-refractivity contribution in [1.82, 2.24) is 19.9 Å². The standard InChI is InChI=1S/C25H26N6O6/c1-35-22-11-17-14(12-27-22)2-7-23(33)30(17)9-8-26-15-3-4-16-19(10-15)37-25(34)31(16)20-6-5-18-24(28-20)29-21(32)13-36-18/h2,5-7,11-12,15-16,19,26H,3-4,8-10,13H2,1H3,(H,28,29,32)/t15-,16-,19-/m0/s1. The summed E-state index contributed by atoms with van der Waals surface area (Å²) >= 11 is 0. The van der Waals surface area contributed by atoms with Crippen molar-refractivity contribution >= 4 is 34.5 Å². The fraction of sp³-hybridized carbons (Fsp3) is 0.400. The van der Waals surface area contributed by atoms with Gasteiger partial charge in [-0.3, -0.25) is 14.5 Å². The fourth-order valence-electron chi connectivity index (χ4n) is 5.28. The number of nitrogens with zero attached hydrogens (tertiary/aromatic N) is 4. The highest BCUT2D eigenvalue weighted by molar-refractivity contribution is 5.95. The minimum atomic E-state index is -0.448. The Morgan fingerprint density at radius 3 is 2.95 bits per heavy atom. The second-order valence-electron chi connectivity index (χ2n) is 9.29. The van der Waals surface area contributed by atoms with E-state index < -0.39 is 6.09 Å². The Kier molecular flexibility index (Phi) is 5.87. The molecule has 0 radical (unpaired) electrons. The number of pyridine rings is 3. The number of nitrogens with one attached hydrogen (secondary N) is 2. The molecule has 3 aromatic heterocycles. The summed E-state index contributed by atoms with van der Waals surface area (Å²) < 4.78 is 18.0. The zero-order chi connectivity index (χ0) is 25.5. The molecular weight excluding hydrogens is 480 g/mol. The van der Waals surface area contributed by atoms with E-state index in [0.717, 1.165) is 23.7 Å². The zero-order valence-corrected chi connectivity index (χ0v) is 20.2. The van der Waals surface area contributed by atoms with Gasteiger partial charge in [0.15, 0.2) is 18.2 Å². The fourth-order valence-corrected chi connectivity index (χ4v) is 5.28. The van der Waals surface area contributed by atoms with E-state index in [1.807, 2.05) is 0 Å². The Balaban J connectivity index is 1.11. The van der Waals surface area contributed by atoms with Crippen molar-refractivity contribution in [3.63, 3.8) is 0 Å². The molecule has 2 N–H and O–H groups in total. The maximum atomic E-state index is 12.8. The van der Waals surface area contributed by atoms with Crippen molar-refractivity contribution in [3.05, 3.63) is 46.9 Å². The normalized spacial score (nSPS) is 22.6. The molecule has 6 rings (SSSR count). The van der Waals surface area contributed by atoms with Gasteiger partial charge in [0.2, 0.25) is 5.88 Å². The lowest BCUT2D eigenvalue weighted by Gasteiger charge is -2.33. The first-order chi connectivity index (χ1) is 18.0. The second-order valence-corrected chi connectivity index (χ2v) is 9.29. The average molecular weight is 507 g/mol. The maximum absolute atomic E-state index is 12.8. The molecular formula is C25H26N6O6.